The second kappa shape index (κ2) is 15.5. The van der Waals surface area contributed by atoms with Gasteiger partial charge in [0.2, 0.25) is 0 Å². The van der Waals surface area contributed by atoms with Crippen molar-refractivity contribution < 1.29 is 54.6 Å². The van der Waals surface area contributed by atoms with Gasteiger partial charge in [0.05, 0.1) is 63.6 Å². The number of amides is 3. The van der Waals surface area contributed by atoms with Crippen LogP contribution in [0.25, 0.3) is 0 Å². The Balaban J connectivity index is 3.93. The molecular weight excluding hydrogens is 886 g/mol. The van der Waals surface area contributed by atoms with Gasteiger partial charge >= 0.3 is 5.97 Å². The van der Waals surface area contributed by atoms with Crippen LogP contribution >= 0.6 is 79.5 Å². The number of ether oxygens (including phenoxy) is 1. The summed E-state index contributed by atoms with van der Waals surface area (Å²) in [6, 6.07) is 0. The molecule has 0 aliphatic carbocycles. The Morgan fingerprint density at radius 1 is 0.872 bits per heavy atom. The predicted octanol–water partition coefficient (Wildman–Crippen LogP) is -0.852. The smallest absolute Gasteiger partial charge is 0.303 e. The van der Waals surface area contributed by atoms with Crippen LogP contribution in [-0.2, 0) is 14.3 Å². The number of rotatable bonds is 13. The van der Waals surface area contributed by atoms with Crippen LogP contribution < -0.4 is 10.6 Å². The van der Waals surface area contributed by atoms with E-state index in [1.807, 2.05) is 0 Å². The minimum atomic E-state index is -2.01. The summed E-state index contributed by atoms with van der Waals surface area (Å²) in [5.74, 6) is -3.59. The van der Waals surface area contributed by atoms with Gasteiger partial charge in [-0.3, -0.25) is 19.2 Å². The largest absolute Gasteiger partial charge is 0.453 e. The van der Waals surface area contributed by atoms with Crippen LogP contribution in [0.2, 0.25) is 0 Å². The molecule has 14 nitrogen and oxygen atoms in total. The number of nitrogens with zero attached hydrogens (tertiary/aromatic N) is 1. The first kappa shape index (κ1) is 36.4. The van der Waals surface area contributed by atoms with E-state index in [-0.39, 0.29) is 27.5 Å². The van der Waals surface area contributed by atoms with Crippen molar-refractivity contribution in [1.82, 2.24) is 9.74 Å². The molecule has 1 aromatic carbocycles. The van der Waals surface area contributed by atoms with E-state index in [1.54, 1.807) is 67.8 Å². The maximum atomic E-state index is 13.6. The third-order valence-electron chi connectivity index (χ3n) is 5.48. The van der Waals surface area contributed by atoms with Crippen LogP contribution in [0.15, 0.2) is 0 Å². The van der Waals surface area contributed by atoms with E-state index in [2.05, 4.69) is 10.6 Å². The van der Waals surface area contributed by atoms with Crippen LogP contribution in [0.4, 0.5) is 5.69 Å². The topological polar surface area (TPSA) is 226 Å². The quantitative estimate of drug-likeness (QED) is 0.0692. The Labute approximate surface area is 268 Å². The second-order valence-electron chi connectivity index (χ2n) is 8.30. The molecule has 0 aliphatic rings. The highest BCUT2D eigenvalue weighted by molar-refractivity contribution is 14.1. The van der Waals surface area contributed by atoms with E-state index in [0.717, 1.165) is 6.92 Å². The minimum Gasteiger partial charge on any atom is -0.453 e. The number of aliphatic hydroxyl groups excluding tert-OH is 6. The Bertz CT molecular complexity index is 1080. The van der Waals surface area contributed by atoms with Crippen molar-refractivity contribution in [3.8, 4) is 0 Å². The van der Waals surface area contributed by atoms with Crippen molar-refractivity contribution >= 4 is 109 Å². The maximum absolute atomic E-state index is 13.6. The van der Waals surface area contributed by atoms with Gasteiger partial charge in [-0.05, 0) is 74.7 Å². The molecule has 0 aromatic heterocycles. The van der Waals surface area contributed by atoms with Crippen molar-refractivity contribution in [3.63, 3.8) is 0 Å². The highest BCUT2D eigenvalue weighted by Gasteiger charge is 2.42. The molecule has 0 aliphatic heterocycles. The van der Waals surface area contributed by atoms with Crippen LogP contribution in [0.3, 0.4) is 0 Å². The van der Waals surface area contributed by atoms with E-state index in [9.17, 15) is 49.8 Å². The van der Waals surface area contributed by atoms with Gasteiger partial charge in [0.1, 0.15) is 11.1 Å². The zero-order chi connectivity index (χ0) is 30.3. The van der Waals surface area contributed by atoms with Crippen LogP contribution in [-0.4, -0.2) is 116 Å². The molecule has 0 radical (unpaired) electrons. The molecular formula is C21H27ClI3N3O11. The van der Waals surface area contributed by atoms with Gasteiger partial charge in [-0.25, -0.2) is 4.42 Å². The first-order valence-corrected chi connectivity index (χ1v) is 14.4. The van der Waals surface area contributed by atoms with Gasteiger partial charge in [0, 0.05) is 22.3 Å². The number of carbonyl (C=O) groups is 4. The van der Waals surface area contributed by atoms with Gasteiger partial charge in [-0.2, -0.15) is 0 Å². The summed E-state index contributed by atoms with van der Waals surface area (Å²) >= 11 is 11.3. The molecule has 39 heavy (non-hydrogen) atoms. The van der Waals surface area contributed by atoms with Gasteiger partial charge in [0.25, 0.3) is 17.7 Å². The Morgan fingerprint density at radius 3 is 1.74 bits per heavy atom. The predicted molar refractivity (Wildman–Crippen MR) is 162 cm³/mol. The fourth-order valence-corrected chi connectivity index (χ4v) is 7.54. The van der Waals surface area contributed by atoms with Crippen molar-refractivity contribution in [1.29, 1.82) is 0 Å². The number of esters is 1. The minimum absolute atomic E-state index is 0.0361. The molecule has 0 unspecified atom stereocenters. The van der Waals surface area contributed by atoms with E-state index in [4.69, 9.17) is 16.5 Å². The molecule has 0 saturated heterocycles. The summed E-state index contributed by atoms with van der Waals surface area (Å²) in [7, 11) is 0. The normalized spacial score (nSPS) is 12.5. The van der Waals surface area contributed by atoms with Crippen molar-refractivity contribution in [3.05, 3.63) is 21.8 Å². The lowest BCUT2D eigenvalue weighted by Crippen LogP contribution is -2.57. The number of hydrogen-bond acceptors (Lipinski definition) is 11. The number of benzene rings is 1. The zero-order valence-corrected chi connectivity index (χ0v) is 27.7. The molecule has 1 rings (SSSR count). The fourth-order valence-electron chi connectivity index (χ4n) is 2.91. The molecule has 18 heteroatoms. The SMILES string of the molecule is CC(=O)O[C@@H](C)C(=O)Nc1c(I)c(C(=O)NC(CO)(CO)CO)c(I)c(C(=O)N(Cl)C(CO)(CO)CO)c1I. The van der Waals surface area contributed by atoms with Gasteiger partial charge in [-0.1, -0.05) is 0 Å². The summed E-state index contributed by atoms with van der Waals surface area (Å²) in [6.07, 6.45) is -1.27. The van der Waals surface area contributed by atoms with Crippen molar-refractivity contribution in [2.75, 3.05) is 45.0 Å². The molecule has 1 aromatic rings. The molecule has 0 fully saturated rings. The lowest BCUT2D eigenvalue weighted by molar-refractivity contribution is -0.150. The monoisotopic (exact) mass is 913 g/mol. The number of aliphatic hydroxyl groups is 6. The second-order valence-corrected chi connectivity index (χ2v) is 11.9. The first-order chi connectivity index (χ1) is 18.2. The highest BCUT2D eigenvalue weighted by atomic mass is 127. The Morgan fingerprint density at radius 2 is 1.33 bits per heavy atom. The summed E-state index contributed by atoms with van der Waals surface area (Å²) in [6.45, 7) is -2.96. The molecule has 0 heterocycles. The fraction of sp³-hybridized carbons (Fsp3) is 0.524. The lowest BCUT2D eigenvalue weighted by atomic mass is 10.00. The third-order valence-corrected chi connectivity index (χ3v) is 9.23. The number of nitrogens with one attached hydrogen (secondary N) is 2. The number of halogens is 4. The molecule has 0 bridgehead atoms. The van der Waals surface area contributed by atoms with Crippen LogP contribution in [0.5, 0.6) is 0 Å². The summed E-state index contributed by atoms with van der Waals surface area (Å²) in [4.78, 5) is 51.1. The number of carbonyl (C=O) groups excluding carboxylic acids is 4. The van der Waals surface area contributed by atoms with Crippen LogP contribution in [0, 0.1) is 10.7 Å². The molecule has 3 amide bonds. The maximum Gasteiger partial charge on any atom is 0.303 e. The molecule has 0 spiro atoms. The summed E-state index contributed by atoms with van der Waals surface area (Å²) < 4.78 is 5.36. The molecule has 220 valence electrons. The Hall–Kier alpha value is -0.660. The number of anilines is 1. The average molecular weight is 914 g/mol. The summed E-state index contributed by atoms with van der Waals surface area (Å²) in [5.41, 5.74) is -4.45. The average Bonchev–Trinajstić information content (AvgIpc) is 2.90. The van der Waals surface area contributed by atoms with E-state index < -0.39 is 80.5 Å². The van der Waals surface area contributed by atoms with E-state index in [1.165, 1.54) is 6.92 Å². The van der Waals surface area contributed by atoms with Gasteiger partial charge in [-0.15, -0.1) is 0 Å². The Kier molecular flexibility index (Phi) is 14.5. The standard InChI is InChI=1S/C21H27ClI3N3O11/c1-9(39-10(2)35)17(36)26-16-14(24)11(18(37)27-20(3-29,4-30)5-31)13(23)12(15(16)25)19(38)28(22)21(6-32,7-33)8-34/h9,29-34H,3-8H2,1-2H3,(H,26,36)(H,27,37)/t9-/m0/s1. The van der Waals surface area contributed by atoms with E-state index >= 15 is 0 Å². The van der Waals surface area contributed by atoms with E-state index in [0.29, 0.717) is 4.42 Å². The van der Waals surface area contributed by atoms with Crippen molar-refractivity contribution in [2.24, 2.45) is 0 Å². The molecule has 0 saturated carbocycles. The van der Waals surface area contributed by atoms with Crippen molar-refractivity contribution in [2.45, 2.75) is 31.0 Å². The third kappa shape index (κ3) is 8.00. The lowest BCUT2D eigenvalue weighted by Gasteiger charge is -2.35. The molecule has 8 N–H and O–H groups in total. The number of hydrogen-bond donors (Lipinski definition) is 8. The first-order valence-electron chi connectivity index (χ1n) is 10.8. The highest BCUT2D eigenvalue weighted by Crippen LogP contribution is 2.38. The molecule has 1 atom stereocenters. The van der Waals surface area contributed by atoms with Crippen LogP contribution in [0.1, 0.15) is 34.6 Å². The van der Waals surface area contributed by atoms with Gasteiger partial charge < -0.3 is 46.0 Å². The zero-order valence-electron chi connectivity index (χ0n) is 20.5. The van der Waals surface area contributed by atoms with Gasteiger partial charge in [0.15, 0.2) is 6.10 Å². The summed E-state index contributed by atoms with van der Waals surface area (Å²) in [5, 5.41) is 63.0.